The number of nitrogens with two attached hydrogens (primary N) is 1. The molecule has 2 aromatic rings. The predicted octanol–water partition coefficient (Wildman–Crippen LogP) is 1.59. The third-order valence-electron chi connectivity index (χ3n) is 3.66. The van der Waals surface area contributed by atoms with E-state index in [-0.39, 0.29) is 10.5 Å². The van der Waals surface area contributed by atoms with Crippen molar-refractivity contribution < 1.29 is 18.6 Å². The Morgan fingerprint density at radius 3 is 2.35 bits per heavy atom. The molecule has 2 aromatic carbocycles. The van der Waals surface area contributed by atoms with Crippen LogP contribution in [0.4, 0.5) is 0 Å². The Bertz CT molecular complexity index is 793. The van der Waals surface area contributed by atoms with Crippen LogP contribution in [0.1, 0.15) is 11.1 Å². The highest BCUT2D eigenvalue weighted by molar-refractivity contribution is 7.91. The summed E-state index contributed by atoms with van der Waals surface area (Å²) in [7, 11) is -3.90. The first-order valence-electron chi connectivity index (χ1n) is 6.87. The lowest BCUT2D eigenvalue weighted by Gasteiger charge is -2.31. The van der Waals surface area contributed by atoms with Gasteiger partial charge in [-0.15, -0.1) is 0 Å². The lowest BCUT2D eigenvalue weighted by atomic mass is 9.94. The Balaban J connectivity index is 2.45. The molecule has 2 unspecified atom stereocenters. The Hall–Kier alpha value is -1.44. The SMILES string of the molecule is Cc1cc(S(=O)(=O)CC(O)(c2ccccc2)C(N)O)ccc1Cl. The molecule has 5 nitrogen and oxygen atoms in total. The van der Waals surface area contributed by atoms with Gasteiger partial charge in [-0.1, -0.05) is 41.9 Å². The summed E-state index contributed by atoms with van der Waals surface area (Å²) >= 11 is 5.91. The zero-order chi connectivity index (χ0) is 17.3. The van der Waals surface area contributed by atoms with Gasteiger partial charge in [0.1, 0.15) is 11.8 Å². The molecular formula is C16H18ClNO4S. The Kier molecular flexibility index (Phi) is 5.13. The molecule has 0 amide bonds. The molecule has 0 aliphatic rings. The first kappa shape index (κ1) is 17.9. The lowest BCUT2D eigenvalue weighted by molar-refractivity contribution is -0.0605. The van der Waals surface area contributed by atoms with Crippen LogP contribution in [0.25, 0.3) is 0 Å². The maximum absolute atomic E-state index is 12.6. The molecule has 0 saturated heterocycles. The number of sulfone groups is 1. The van der Waals surface area contributed by atoms with Gasteiger partial charge in [0.2, 0.25) is 0 Å². The van der Waals surface area contributed by atoms with E-state index in [1.807, 2.05) is 0 Å². The van der Waals surface area contributed by atoms with Crippen molar-refractivity contribution in [1.29, 1.82) is 0 Å². The number of rotatable bonds is 5. The summed E-state index contributed by atoms with van der Waals surface area (Å²) in [5.41, 5.74) is 4.17. The zero-order valence-electron chi connectivity index (χ0n) is 12.5. The van der Waals surface area contributed by atoms with Crippen LogP contribution in [0.2, 0.25) is 5.02 Å². The summed E-state index contributed by atoms with van der Waals surface area (Å²) in [4.78, 5) is 0.00871. The summed E-state index contributed by atoms with van der Waals surface area (Å²) in [6.07, 6.45) is -1.76. The molecule has 0 heterocycles. The zero-order valence-corrected chi connectivity index (χ0v) is 14.1. The minimum Gasteiger partial charge on any atom is -0.380 e. The van der Waals surface area contributed by atoms with Crippen molar-refractivity contribution >= 4 is 21.4 Å². The van der Waals surface area contributed by atoms with E-state index >= 15 is 0 Å². The highest BCUT2D eigenvalue weighted by Crippen LogP contribution is 2.29. The second kappa shape index (κ2) is 6.59. The van der Waals surface area contributed by atoms with E-state index in [2.05, 4.69) is 0 Å². The second-order valence-corrected chi connectivity index (χ2v) is 7.80. The minimum atomic E-state index is -3.90. The van der Waals surface area contributed by atoms with Crippen LogP contribution in [0.3, 0.4) is 0 Å². The number of benzene rings is 2. The van der Waals surface area contributed by atoms with E-state index in [9.17, 15) is 18.6 Å². The molecule has 0 fully saturated rings. The van der Waals surface area contributed by atoms with Crippen LogP contribution < -0.4 is 5.73 Å². The highest BCUT2D eigenvalue weighted by Gasteiger charge is 2.40. The van der Waals surface area contributed by atoms with Gasteiger partial charge in [-0.2, -0.15) is 0 Å². The van der Waals surface area contributed by atoms with Crippen LogP contribution in [-0.4, -0.2) is 30.6 Å². The van der Waals surface area contributed by atoms with E-state index in [4.69, 9.17) is 17.3 Å². The molecule has 4 N–H and O–H groups in total. The van der Waals surface area contributed by atoms with Crippen LogP contribution in [0.5, 0.6) is 0 Å². The molecule has 0 spiro atoms. The van der Waals surface area contributed by atoms with Crippen molar-refractivity contribution in [2.75, 3.05) is 5.75 Å². The third kappa shape index (κ3) is 3.73. The maximum Gasteiger partial charge on any atom is 0.181 e. The number of halogens is 1. The van der Waals surface area contributed by atoms with Gasteiger partial charge in [-0.05, 0) is 36.2 Å². The molecule has 124 valence electrons. The fraction of sp³-hybridized carbons (Fsp3) is 0.250. The fourth-order valence-corrected chi connectivity index (χ4v) is 4.08. The first-order chi connectivity index (χ1) is 10.7. The average Bonchev–Trinajstić information content (AvgIpc) is 2.50. The summed E-state index contributed by atoms with van der Waals surface area (Å²) in [6.45, 7) is 1.68. The van der Waals surface area contributed by atoms with Crippen molar-refractivity contribution in [2.24, 2.45) is 5.73 Å². The van der Waals surface area contributed by atoms with Crippen LogP contribution in [-0.2, 0) is 15.4 Å². The number of aliphatic hydroxyl groups excluding tert-OH is 1. The molecule has 23 heavy (non-hydrogen) atoms. The monoisotopic (exact) mass is 355 g/mol. The molecule has 7 heteroatoms. The van der Waals surface area contributed by atoms with E-state index in [0.717, 1.165) is 0 Å². The van der Waals surface area contributed by atoms with Gasteiger partial charge in [-0.3, -0.25) is 0 Å². The average molecular weight is 356 g/mol. The van der Waals surface area contributed by atoms with Gasteiger partial charge in [0, 0.05) is 5.02 Å². The Morgan fingerprint density at radius 2 is 1.83 bits per heavy atom. The quantitative estimate of drug-likeness (QED) is 0.707. The van der Waals surface area contributed by atoms with Crippen molar-refractivity contribution in [3.63, 3.8) is 0 Å². The minimum absolute atomic E-state index is 0.00871. The van der Waals surface area contributed by atoms with Gasteiger partial charge in [0.25, 0.3) is 0 Å². The molecule has 0 aromatic heterocycles. The largest absolute Gasteiger partial charge is 0.380 e. The van der Waals surface area contributed by atoms with E-state index in [0.29, 0.717) is 10.6 Å². The number of hydrogen-bond donors (Lipinski definition) is 3. The van der Waals surface area contributed by atoms with Gasteiger partial charge >= 0.3 is 0 Å². The van der Waals surface area contributed by atoms with Crippen LogP contribution in [0.15, 0.2) is 53.4 Å². The van der Waals surface area contributed by atoms with Crippen LogP contribution in [0, 0.1) is 6.92 Å². The molecular weight excluding hydrogens is 338 g/mol. The van der Waals surface area contributed by atoms with E-state index < -0.39 is 27.4 Å². The van der Waals surface area contributed by atoms with Gasteiger partial charge < -0.3 is 15.9 Å². The highest BCUT2D eigenvalue weighted by atomic mass is 35.5. The topological polar surface area (TPSA) is 101 Å². The number of aliphatic hydroxyl groups is 2. The molecule has 2 atom stereocenters. The third-order valence-corrected chi connectivity index (χ3v) is 5.88. The fourth-order valence-electron chi connectivity index (χ4n) is 2.25. The summed E-state index contributed by atoms with van der Waals surface area (Å²) < 4.78 is 25.2. The predicted molar refractivity (Wildman–Crippen MR) is 88.8 cm³/mol. The molecule has 0 radical (unpaired) electrons. The smallest absolute Gasteiger partial charge is 0.181 e. The number of hydrogen-bond acceptors (Lipinski definition) is 5. The molecule has 2 rings (SSSR count). The Morgan fingerprint density at radius 1 is 1.22 bits per heavy atom. The normalized spacial score (nSPS) is 15.9. The van der Waals surface area contributed by atoms with Crippen molar-refractivity contribution in [3.8, 4) is 0 Å². The van der Waals surface area contributed by atoms with Gasteiger partial charge in [-0.25, -0.2) is 8.42 Å². The first-order valence-corrected chi connectivity index (χ1v) is 8.90. The van der Waals surface area contributed by atoms with Crippen molar-refractivity contribution in [1.82, 2.24) is 0 Å². The van der Waals surface area contributed by atoms with E-state index in [1.165, 1.54) is 30.3 Å². The van der Waals surface area contributed by atoms with Crippen molar-refractivity contribution in [3.05, 3.63) is 64.7 Å². The number of aryl methyl sites for hydroxylation is 1. The van der Waals surface area contributed by atoms with E-state index in [1.54, 1.807) is 25.1 Å². The molecule has 0 aliphatic heterocycles. The maximum atomic E-state index is 12.6. The summed E-state index contributed by atoms with van der Waals surface area (Å²) in [6, 6.07) is 12.2. The van der Waals surface area contributed by atoms with Gasteiger partial charge in [0.05, 0.1) is 10.6 Å². The molecule has 0 aliphatic carbocycles. The van der Waals surface area contributed by atoms with Crippen molar-refractivity contribution in [2.45, 2.75) is 23.6 Å². The molecule has 0 saturated carbocycles. The second-order valence-electron chi connectivity index (χ2n) is 5.41. The summed E-state index contributed by atoms with van der Waals surface area (Å²) in [5.74, 6) is -0.747. The molecule has 0 bridgehead atoms. The Labute approximate surface area is 140 Å². The standard InChI is InChI=1S/C16H18ClNO4S/c1-11-9-13(7-8-14(11)17)23(21,22)10-16(20,15(18)19)12-5-3-2-4-6-12/h2-9,15,19-20H,10,18H2,1H3. The van der Waals surface area contributed by atoms with Gasteiger partial charge in [0.15, 0.2) is 9.84 Å². The lowest BCUT2D eigenvalue weighted by Crippen LogP contribution is -2.50. The summed E-state index contributed by atoms with van der Waals surface area (Å²) in [5, 5.41) is 20.9. The van der Waals surface area contributed by atoms with Crippen LogP contribution >= 0.6 is 11.6 Å².